The minimum atomic E-state index is -1.05. The van der Waals surface area contributed by atoms with Crippen molar-refractivity contribution < 1.29 is 37.7 Å². The number of rotatable bonds is 5. The normalized spacial score (nSPS) is 35.8. The molecule has 2 heterocycles. The Morgan fingerprint density at radius 2 is 1.59 bits per heavy atom. The lowest BCUT2D eigenvalue weighted by molar-refractivity contribution is -0.282. The summed E-state index contributed by atoms with van der Waals surface area (Å²) < 4.78 is 30.4. The standard InChI is InChI=1S/C29H34O8/c1-17-11-12-22(34-18(2)30)28(5)23(35-26(32)20-13-14-33-16-20)15-21-24(29(17,28)37-27(21,3)4)36-25(31)19-9-7-6-8-10-19/h6-10,13-14,16-17,21-24H,11-12,15H2,1-5H3. The Bertz CT molecular complexity index is 1170. The molecule has 1 aliphatic heterocycles. The molecule has 7 atom stereocenters. The summed E-state index contributed by atoms with van der Waals surface area (Å²) in [6.45, 7) is 9.37. The van der Waals surface area contributed by atoms with Crippen molar-refractivity contribution in [3.05, 3.63) is 60.1 Å². The van der Waals surface area contributed by atoms with Gasteiger partial charge in [-0.05, 0) is 64.2 Å². The van der Waals surface area contributed by atoms with E-state index in [1.165, 1.54) is 19.5 Å². The fourth-order valence-electron chi connectivity index (χ4n) is 7.13. The van der Waals surface area contributed by atoms with Gasteiger partial charge in [0.05, 0.1) is 28.4 Å². The highest BCUT2D eigenvalue weighted by Crippen LogP contribution is 2.67. The SMILES string of the molecule is CC(=O)OC1CCC(C)C23OC(C)(C)C(CC(OC(=O)c4ccoc4)C12C)C3OC(=O)c1ccccc1. The largest absolute Gasteiger partial charge is 0.472 e. The van der Waals surface area contributed by atoms with Gasteiger partial charge in [-0.2, -0.15) is 0 Å². The molecule has 37 heavy (non-hydrogen) atoms. The number of fused-ring (bicyclic) bond motifs is 1. The Kier molecular flexibility index (Phi) is 6.21. The Balaban J connectivity index is 1.61. The molecule has 2 aliphatic carbocycles. The molecule has 2 aromatic rings. The van der Waals surface area contributed by atoms with Gasteiger partial charge >= 0.3 is 17.9 Å². The van der Waals surface area contributed by atoms with E-state index in [1.807, 2.05) is 26.8 Å². The minimum absolute atomic E-state index is 0.0717. The van der Waals surface area contributed by atoms with Crippen molar-refractivity contribution in [1.82, 2.24) is 0 Å². The van der Waals surface area contributed by atoms with Crippen LogP contribution in [0.15, 0.2) is 53.3 Å². The van der Waals surface area contributed by atoms with Gasteiger partial charge in [0, 0.05) is 12.8 Å². The van der Waals surface area contributed by atoms with E-state index in [9.17, 15) is 14.4 Å². The smallest absolute Gasteiger partial charge is 0.341 e. The van der Waals surface area contributed by atoms with Crippen LogP contribution in [0.4, 0.5) is 0 Å². The number of carbonyl (C=O) groups excluding carboxylic acids is 3. The molecule has 0 radical (unpaired) electrons. The fourth-order valence-corrected chi connectivity index (χ4v) is 7.13. The Hall–Kier alpha value is -3.13. The molecular formula is C29H34O8. The van der Waals surface area contributed by atoms with Crippen LogP contribution in [0.25, 0.3) is 0 Å². The van der Waals surface area contributed by atoms with Gasteiger partial charge in [-0.15, -0.1) is 0 Å². The van der Waals surface area contributed by atoms with Crippen LogP contribution in [0.5, 0.6) is 0 Å². The number of hydrogen-bond acceptors (Lipinski definition) is 8. The second kappa shape index (κ2) is 9.01. The van der Waals surface area contributed by atoms with Crippen molar-refractivity contribution in [2.45, 2.75) is 83.4 Å². The number of esters is 3. The summed E-state index contributed by atoms with van der Waals surface area (Å²) in [6.07, 6.45) is 2.53. The molecule has 0 amide bonds. The molecule has 2 bridgehead atoms. The van der Waals surface area contributed by atoms with Crippen LogP contribution < -0.4 is 0 Å². The minimum Gasteiger partial charge on any atom is -0.472 e. The van der Waals surface area contributed by atoms with Gasteiger partial charge < -0.3 is 23.4 Å². The van der Waals surface area contributed by atoms with E-state index < -0.39 is 52.8 Å². The first kappa shape index (κ1) is 25.5. The lowest BCUT2D eigenvalue weighted by atomic mass is 9.49. The maximum absolute atomic E-state index is 13.3. The molecule has 2 saturated carbocycles. The molecule has 3 fully saturated rings. The third kappa shape index (κ3) is 3.88. The second-order valence-corrected chi connectivity index (χ2v) is 11.3. The van der Waals surface area contributed by atoms with Crippen LogP contribution in [0.3, 0.4) is 0 Å². The zero-order valence-electron chi connectivity index (χ0n) is 21.9. The van der Waals surface area contributed by atoms with Gasteiger partial charge in [-0.1, -0.05) is 25.1 Å². The number of hydrogen-bond donors (Lipinski definition) is 0. The van der Waals surface area contributed by atoms with Gasteiger partial charge in [0.25, 0.3) is 0 Å². The summed E-state index contributed by atoms with van der Waals surface area (Å²) in [6, 6.07) is 10.4. The predicted molar refractivity (Wildman–Crippen MR) is 132 cm³/mol. The Morgan fingerprint density at radius 3 is 2.24 bits per heavy atom. The topological polar surface area (TPSA) is 101 Å². The van der Waals surface area contributed by atoms with E-state index in [1.54, 1.807) is 30.3 Å². The van der Waals surface area contributed by atoms with Gasteiger partial charge in [0.1, 0.15) is 30.2 Å². The molecule has 8 nitrogen and oxygen atoms in total. The summed E-state index contributed by atoms with van der Waals surface area (Å²) in [5.74, 6) is -1.71. The molecule has 3 aliphatic rings. The van der Waals surface area contributed by atoms with Crippen LogP contribution >= 0.6 is 0 Å². The number of benzene rings is 1. The highest BCUT2D eigenvalue weighted by atomic mass is 16.6. The van der Waals surface area contributed by atoms with Crippen molar-refractivity contribution in [2.24, 2.45) is 17.3 Å². The number of furan rings is 1. The maximum Gasteiger partial charge on any atom is 0.341 e. The zero-order valence-corrected chi connectivity index (χ0v) is 21.9. The van der Waals surface area contributed by atoms with Crippen LogP contribution in [-0.2, 0) is 23.7 Å². The lowest BCUT2D eigenvalue weighted by Gasteiger charge is -2.61. The van der Waals surface area contributed by atoms with Crippen LogP contribution in [0, 0.1) is 17.3 Å². The monoisotopic (exact) mass is 510 g/mol. The Morgan fingerprint density at radius 1 is 0.892 bits per heavy atom. The average molecular weight is 511 g/mol. The van der Waals surface area contributed by atoms with Crippen LogP contribution in [-0.4, -0.2) is 47.4 Å². The average Bonchev–Trinajstić information content (AvgIpc) is 3.44. The number of carbonyl (C=O) groups is 3. The maximum atomic E-state index is 13.3. The fraction of sp³-hybridized carbons (Fsp3) is 0.552. The first-order valence-electron chi connectivity index (χ1n) is 12.9. The summed E-state index contributed by atoms with van der Waals surface area (Å²) in [5, 5.41) is 0. The highest BCUT2D eigenvalue weighted by molar-refractivity contribution is 5.90. The summed E-state index contributed by atoms with van der Waals surface area (Å²) >= 11 is 0. The van der Waals surface area contributed by atoms with Crippen molar-refractivity contribution >= 4 is 17.9 Å². The first-order valence-corrected chi connectivity index (χ1v) is 12.9. The van der Waals surface area contributed by atoms with E-state index >= 15 is 0 Å². The van der Waals surface area contributed by atoms with E-state index in [4.69, 9.17) is 23.4 Å². The molecular weight excluding hydrogens is 476 g/mol. The molecule has 7 unspecified atom stereocenters. The second-order valence-electron chi connectivity index (χ2n) is 11.3. The van der Waals surface area contributed by atoms with Crippen molar-refractivity contribution in [3.63, 3.8) is 0 Å². The van der Waals surface area contributed by atoms with E-state index in [-0.39, 0.29) is 11.8 Å². The van der Waals surface area contributed by atoms with Gasteiger partial charge in [0.2, 0.25) is 0 Å². The van der Waals surface area contributed by atoms with E-state index in [2.05, 4.69) is 6.92 Å². The van der Waals surface area contributed by atoms with Crippen molar-refractivity contribution in [3.8, 4) is 0 Å². The predicted octanol–water partition coefficient (Wildman–Crippen LogP) is 4.97. The van der Waals surface area contributed by atoms with Crippen molar-refractivity contribution in [1.29, 1.82) is 0 Å². The quantitative estimate of drug-likeness (QED) is 0.411. The zero-order chi connectivity index (χ0) is 26.6. The third-order valence-corrected chi connectivity index (χ3v) is 8.91. The molecule has 8 heteroatoms. The van der Waals surface area contributed by atoms with Gasteiger partial charge in [0.15, 0.2) is 0 Å². The first-order chi connectivity index (χ1) is 17.5. The molecule has 1 aromatic heterocycles. The molecule has 1 saturated heterocycles. The lowest BCUT2D eigenvalue weighted by Crippen LogP contribution is -2.73. The highest BCUT2D eigenvalue weighted by Gasteiger charge is 2.79. The molecule has 0 N–H and O–H groups in total. The molecule has 198 valence electrons. The summed E-state index contributed by atoms with van der Waals surface area (Å²) in [4.78, 5) is 38.7. The summed E-state index contributed by atoms with van der Waals surface area (Å²) in [5.41, 5.74) is -1.97. The summed E-state index contributed by atoms with van der Waals surface area (Å²) in [7, 11) is 0. The van der Waals surface area contributed by atoms with Gasteiger partial charge in [-0.3, -0.25) is 4.79 Å². The Labute approximate surface area is 216 Å². The third-order valence-electron chi connectivity index (χ3n) is 8.91. The number of ether oxygens (including phenoxy) is 4. The van der Waals surface area contributed by atoms with Crippen molar-refractivity contribution in [2.75, 3.05) is 0 Å². The van der Waals surface area contributed by atoms with Crippen LogP contribution in [0.2, 0.25) is 0 Å². The van der Waals surface area contributed by atoms with Crippen LogP contribution in [0.1, 0.15) is 74.6 Å². The van der Waals surface area contributed by atoms with E-state index in [0.29, 0.717) is 30.4 Å². The van der Waals surface area contributed by atoms with E-state index in [0.717, 1.165) is 0 Å². The molecule has 1 aromatic carbocycles. The molecule has 1 spiro atoms. The van der Waals surface area contributed by atoms with Gasteiger partial charge in [-0.25, -0.2) is 9.59 Å². The molecule has 5 rings (SSSR count).